The molecule has 1 fully saturated rings. The Hall–Kier alpha value is -1.81. The van der Waals surface area contributed by atoms with Gasteiger partial charge in [-0.15, -0.1) is 0 Å². The minimum Gasteiger partial charge on any atom is -0.385 e. The fourth-order valence-corrected chi connectivity index (χ4v) is 2.39. The van der Waals surface area contributed by atoms with Gasteiger partial charge in [-0.3, -0.25) is 0 Å². The number of aromatic nitrogens is 2. The summed E-state index contributed by atoms with van der Waals surface area (Å²) in [5, 5.41) is 7.77. The Morgan fingerprint density at radius 2 is 2.16 bits per heavy atom. The summed E-state index contributed by atoms with van der Waals surface area (Å²) >= 11 is 0. The number of benzene rings is 1. The standard InChI is InChI=1S/C15H19N3O/c1-3-14(16-12-13-5-9-19-10-6-13)11-15(4-1)18-8-2-7-17-18/h1-4,7-8,11,13,16H,5-6,9-10,12H2. The van der Waals surface area contributed by atoms with Gasteiger partial charge in [0.15, 0.2) is 0 Å². The summed E-state index contributed by atoms with van der Waals surface area (Å²) in [6, 6.07) is 10.3. The molecule has 2 aromatic rings. The van der Waals surface area contributed by atoms with E-state index < -0.39 is 0 Å². The molecule has 1 aliphatic heterocycles. The predicted octanol–water partition coefficient (Wildman–Crippen LogP) is 2.71. The van der Waals surface area contributed by atoms with E-state index in [1.54, 1.807) is 6.20 Å². The molecule has 0 amide bonds. The van der Waals surface area contributed by atoms with Crippen LogP contribution in [0.25, 0.3) is 5.69 Å². The Kier molecular flexibility index (Phi) is 3.79. The Bertz CT molecular complexity index is 504. The summed E-state index contributed by atoms with van der Waals surface area (Å²) < 4.78 is 7.26. The molecule has 0 saturated carbocycles. The molecule has 1 aromatic heterocycles. The summed E-state index contributed by atoms with van der Waals surface area (Å²) in [6.45, 7) is 2.82. The molecule has 0 unspecified atom stereocenters. The van der Waals surface area contributed by atoms with E-state index in [0.717, 1.165) is 49.9 Å². The molecule has 19 heavy (non-hydrogen) atoms. The summed E-state index contributed by atoms with van der Waals surface area (Å²) in [7, 11) is 0. The monoisotopic (exact) mass is 257 g/mol. The van der Waals surface area contributed by atoms with Gasteiger partial charge < -0.3 is 10.1 Å². The molecule has 1 N–H and O–H groups in total. The van der Waals surface area contributed by atoms with Crippen molar-refractivity contribution in [2.45, 2.75) is 12.8 Å². The lowest BCUT2D eigenvalue weighted by atomic mass is 10.0. The lowest BCUT2D eigenvalue weighted by molar-refractivity contribution is 0.0699. The largest absolute Gasteiger partial charge is 0.385 e. The highest BCUT2D eigenvalue weighted by molar-refractivity contribution is 5.50. The SMILES string of the molecule is c1cc(NCC2CCOCC2)cc(-n2cccn2)c1. The molecule has 4 heteroatoms. The van der Waals surface area contributed by atoms with Gasteiger partial charge in [0.1, 0.15) is 0 Å². The molecule has 1 saturated heterocycles. The summed E-state index contributed by atoms with van der Waals surface area (Å²) in [5.41, 5.74) is 2.24. The molecule has 100 valence electrons. The van der Waals surface area contributed by atoms with Crippen LogP contribution in [0.3, 0.4) is 0 Å². The number of hydrogen-bond donors (Lipinski definition) is 1. The van der Waals surface area contributed by atoms with Gasteiger partial charge in [-0.1, -0.05) is 6.07 Å². The van der Waals surface area contributed by atoms with E-state index in [-0.39, 0.29) is 0 Å². The third-order valence-electron chi connectivity index (χ3n) is 3.55. The smallest absolute Gasteiger partial charge is 0.0666 e. The van der Waals surface area contributed by atoms with Gasteiger partial charge in [0.2, 0.25) is 0 Å². The zero-order valence-electron chi connectivity index (χ0n) is 11.0. The first-order valence-corrected chi connectivity index (χ1v) is 6.83. The molecular weight excluding hydrogens is 238 g/mol. The van der Waals surface area contributed by atoms with Crippen LogP contribution >= 0.6 is 0 Å². The van der Waals surface area contributed by atoms with Crippen molar-refractivity contribution in [1.82, 2.24) is 9.78 Å². The zero-order valence-corrected chi connectivity index (χ0v) is 11.0. The van der Waals surface area contributed by atoms with Crippen LogP contribution in [-0.4, -0.2) is 29.5 Å². The molecule has 1 aromatic carbocycles. The maximum atomic E-state index is 5.38. The number of hydrogen-bond acceptors (Lipinski definition) is 3. The van der Waals surface area contributed by atoms with Gasteiger partial charge in [-0.25, -0.2) is 4.68 Å². The Labute approximate surface area is 113 Å². The van der Waals surface area contributed by atoms with Crippen LogP contribution in [0.1, 0.15) is 12.8 Å². The van der Waals surface area contributed by atoms with Crippen LogP contribution in [0.5, 0.6) is 0 Å². The molecule has 0 spiro atoms. The molecule has 0 bridgehead atoms. The Morgan fingerprint density at radius 3 is 2.95 bits per heavy atom. The Balaban J connectivity index is 1.63. The van der Waals surface area contributed by atoms with Gasteiger partial charge in [-0.2, -0.15) is 5.10 Å². The average molecular weight is 257 g/mol. The van der Waals surface area contributed by atoms with E-state index in [9.17, 15) is 0 Å². The molecule has 0 aliphatic carbocycles. The molecule has 4 nitrogen and oxygen atoms in total. The quantitative estimate of drug-likeness (QED) is 0.915. The molecule has 3 rings (SSSR count). The van der Waals surface area contributed by atoms with Crippen LogP contribution in [0.4, 0.5) is 5.69 Å². The number of anilines is 1. The lowest BCUT2D eigenvalue weighted by Gasteiger charge is -2.22. The number of nitrogens with zero attached hydrogens (tertiary/aromatic N) is 2. The predicted molar refractivity (Wildman–Crippen MR) is 75.6 cm³/mol. The van der Waals surface area contributed by atoms with E-state index in [1.807, 2.05) is 16.9 Å². The summed E-state index contributed by atoms with van der Waals surface area (Å²) in [6.07, 6.45) is 6.07. The van der Waals surface area contributed by atoms with Gasteiger partial charge in [0.05, 0.1) is 5.69 Å². The summed E-state index contributed by atoms with van der Waals surface area (Å²) in [5.74, 6) is 0.724. The zero-order chi connectivity index (χ0) is 12.9. The van der Waals surface area contributed by atoms with Crippen LogP contribution in [0.15, 0.2) is 42.7 Å². The van der Waals surface area contributed by atoms with E-state index >= 15 is 0 Å². The number of rotatable bonds is 4. The van der Waals surface area contributed by atoms with Crippen molar-refractivity contribution in [2.75, 3.05) is 25.1 Å². The van der Waals surface area contributed by atoms with Crippen LogP contribution in [0.2, 0.25) is 0 Å². The normalized spacial score (nSPS) is 16.4. The first-order chi connectivity index (χ1) is 9.42. The van der Waals surface area contributed by atoms with Crippen molar-refractivity contribution in [2.24, 2.45) is 5.92 Å². The third kappa shape index (κ3) is 3.15. The van der Waals surface area contributed by atoms with Crippen molar-refractivity contribution in [1.29, 1.82) is 0 Å². The Morgan fingerprint density at radius 1 is 1.26 bits per heavy atom. The maximum absolute atomic E-state index is 5.38. The second kappa shape index (κ2) is 5.89. The van der Waals surface area contributed by atoms with Gasteiger partial charge in [-0.05, 0) is 43.0 Å². The van der Waals surface area contributed by atoms with Gasteiger partial charge in [0, 0.05) is 37.8 Å². The second-order valence-electron chi connectivity index (χ2n) is 4.94. The first kappa shape index (κ1) is 12.2. The minimum absolute atomic E-state index is 0.724. The number of ether oxygens (including phenoxy) is 1. The fourth-order valence-electron chi connectivity index (χ4n) is 2.39. The molecule has 2 heterocycles. The van der Waals surface area contributed by atoms with Gasteiger partial charge >= 0.3 is 0 Å². The highest BCUT2D eigenvalue weighted by atomic mass is 16.5. The van der Waals surface area contributed by atoms with Crippen molar-refractivity contribution in [3.8, 4) is 5.69 Å². The van der Waals surface area contributed by atoms with Crippen LogP contribution in [0, 0.1) is 5.92 Å². The molecule has 0 radical (unpaired) electrons. The van der Waals surface area contributed by atoms with Crippen molar-refractivity contribution in [3.63, 3.8) is 0 Å². The van der Waals surface area contributed by atoms with Crippen LogP contribution < -0.4 is 5.32 Å². The lowest BCUT2D eigenvalue weighted by Crippen LogP contribution is -2.22. The second-order valence-corrected chi connectivity index (χ2v) is 4.94. The van der Waals surface area contributed by atoms with E-state index in [0.29, 0.717) is 0 Å². The van der Waals surface area contributed by atoms with E-state index in [4.69, 9.17) is 4.74 Å². The minimum atomic E-state index is 0.724. The van der Waals surface area contributed by atoms with Crippen molar-refractivity contribution in [3.05, 3.63) is 42.7 Å². The molecule has 1 aliphatic rings. The summed E-state index contributed by atoms with van der Waals surface area (Å²) in [4.78, 5) is 0. The molecular formula is C15H19N3O. The number of nitrogens with one attached hydrogen (secondary N) is 1. The van der Waals surface area contributed by atoms with Gasteiger partial charge in [0.25, 0.3) is 0 Å². The van der Waals surface area contributed by atoms with Crippen molar-refractivity contribution < 1.29 is 4.74 Å². The first-order valence-electron chi connectivity index (χ1n) is 6.83. The fraction of sp³-hybridized carbons (Fsp3) is 0.400. The van der Waals surface area contributed by atoms with Crippen LogP contribution in [-0.2, 0) is 4.74 Å². The highest BCUT2D eigenvalue weighted by Gasteiger charge is 2.13. The topological polar surface area (TPSA) is 39.1 Å². The molecule has 0 atom stereocenters. The van der Waals surface area contributed by atoms with Crippen molar-refractivity contribution >= 4 is 5.69 Å². The van der Waals surface area contributed by atoms with E-state index in [1.165, 1.54) is 0 Å². The third-order valence-corrected chi connectivity index (χ3v) is 3.55. The highest BCUT2D eigenvalue weighted by Crippen LogP contribution is 2.18. The van der Waals surface area contributed by atoms with E-state index in [2.05, 4.69) is 34.7 Å². The average Bonchev–Trinajstić information content (AvgIpc) is 3.01. The maximum Gasteiger partial charge on any atom is 0.0666 e.